The fourth-order valence-corrected chi connectivity index (χ4v) is 2.83. The molecule has 8 heteroatoms. The zero-order chi connectivity index (χ0) is 14.2. The van der Waals surface area contributed by atoms with E-state index in [1.165, 1.54) is 0 Å². The minimum atomic E-state index is -0.211. The van der Waals surface area contributed by atoms with Gasteiger partial charge in [-0.15, -0.1) is 5.10 Å². The summed E-state index contributed by atoms with van der Waals surface area (Å²) in [6.07, 6.45) is 5.82. The van der Waals surface area contributed by atoms with E-state index in [0.717, 1.165) is 5.76 Å². The molecule has 2 atom stereocenters. The van der Waals surface area contributed by atoms with Crippen molar-refractivity contribution in [3.8, 4) is 0 Å². The first-order valence-corrected chi connectivity index (χ1v) is 7.00. The molecule has 2 aliphatic rings. The van der Waals surface area contributed by atoms with Crippen LogP contribution in [0, 0.1) is 0 Å². The molecule has 0 saturated carbocycles. The van der Waals surface area contributed by atoms with E-state index in [-0.39, 0.29) is 24.0 Å². The van der Waals surface area contributed by atoms with Crippen molar-refractivity contribution in [2.24, 2.45) is 0 Å². The van der Waals surface area contributed by atoms with Crippen LogP contribution in [-0.2, 0) is 4.79 Å². The molecule has 4 heterocycles. The van der Waals surface area contributed by atoms with Gasteiger partial charge in [0.25, 0.3) is 0 Å². The van der Waals surface area contributed by atoms with Crippen molar-refractivity contribution in [3.05, 3.63) is 36.5 Å². The summed E-state index contributed by atoms with van der Waals surface area (Å²) < 4.78 is 7.17. The van der Waals surface area contributed by atoms with Crippen molar-refractivity contribution < 1.29 is 9.21 Å². The first-order chi connectivity index (χ1) is 10.3. The molecular weight excluding hydrogens is 272 g/mol. The second-order valence-electron chi connectivity index (χ2n) is 5.43. The van der Waals surface area contributed by atoms with Crippen LogP contribution in [0.15, 0.2) is 35.2 Å². The lowest BCUT2D eigenvalue weighted by Crippen LogP contribution is -2.56. The predicted octanol–water partition coefficient (Wildman–Crippen LogP) is -0.138. The van der Waals surface area contributed by atoms with Crippen molar-refractivity contribution in [2.45, 2.75) is 24.5 Å². The number of nitrogens with one attached hydrogen (secondary N) is 2. The van der Waals surface area contributed by atoms with Crippen LogP contribution in [0.3, 0.4) is 0 Å². The molecule has 2 aliphatic heterocycles. The van der Waals surface area contributed by atoms with E-state index >= 15 is 0 Å². The van der Waals surface area contributed by atoms with E-state index in [2.05, 4.69) is 21.2 Å². The number of hydrogen-bond acceptors (Lipinski definition) is 6. The number of carbonyl (C=O) groups excluding carboxylic acids is 1. The molecule has 2 aromatic heterocycles. The summed E-state index contributed by atoms with van der Waals surface area (Å²) in [5, 5.41) is 7.75. The number of carbonyl (C=O) groups is 1. The van der Waals surface area contributed by atoms with Crippen LogP contribution in [-0.4, -0.2) is 44.9 Å². The average molecular weight is 288 g/mol. The smallest absolute Gasteiger partial charge is 0.241 e. The highest BCUT2D eigenvalue weighted by molar-refractivity contribution is 5.83. The fourth-order valence-electron chi connectivity index (χ4n) is 2.83. The second-order valence-corrected chi connectivity index (χ2v) is 5.43. The van der Waals surface area contributed by atoms with Crippen molar-refractivity contribution in [1.29, 1.82) is 0 Å². The SMILES string of the molecule is O=C(C1CC(c2ccco2)NN1)N1CC(n2ccnn2)C1. The zero-order valence-corrected chi connectivity index (χ0v) is 11.3. The molecule has 2 N–H and O–H groups in total. The van der Waals surface area contributed by atoms with Gasteiger partial charge in [-0.25, -0.2) is 15.5 Å². The molecule has 2 aromatic rings. The van der Waals surface area contributed by atoms with Gasteiger partial charge in [0.2, 0.25) is 5.91 Å². The Bertz CT molecular complexity index is 605. The van der Waals surface area contributed by atoms with E-state index in [1.807, 2.05) is 23.2 Å². The van der Waals surface area contributed by atoms with Crippen LogP contribution in [0.2, 0.25) is 0 Å². The number of hydrogen-bond donors (Lipinski definition) is 2. The third kappa shape index (κ3) is 2.22. The van der Waals surface area contributed by atoms with Gasteiger partial charge in [0.05, 0.1) is 24.5 Å². The summed E-state index contributed by atoms with van der Waals surface area (Å²) in [6.45, 7) is 1.37. The largest absolute Gasteiger partial charge is 0.468 e. The number of aromatic nitrogens is 3. The lowest BCUT2D eigenvalue weighted by Gasteiger charge is -2.40. The van der Waals surface area contributed by atoms with E-state index in [4.69, 9.17) is 4.42 Å². The molecule has 2 fully saturated rings. The number of hydrazine groups is 1. The molecule has 4 rings (SSSR count). The maximum absolute atomic E-state index is 12.4. The third-order valence-electron chi connectivity index (χ3n) is 4.08. The molecule has 21 heavy (non-hydrogen) atoms. The van der Waals surface area contributed by atoms with Gasteiger partial charge in [0.15, 0.2) is 0 Å². The summed E-state index contributed by atoms with van der Waals surface area (Å²) in [5.74, 6) is 0.967. The quantitative estimate of drug-likeness (QED) is 0.817. The van der Waals surface area contributed by atoms with Gasteiger partial charge in [0.1, 0.15) is 11.8 Å². The maximum Gasteiger partial charge on any atom is 0.241 e. The van der Waals surface area contributed by atoms with Crippen molar-refractivity contribution in [2.75, 3.05) is 13.1 Å². The number of furan rings is 1. The number of nitrogens with zero attached hydrogens (tertiary/aromatic N) is 4. The molecule has 0 spiro atoms. The first-order valence-electron chi connectivity index (χ1n) is 7.00. The van der Waals surface area contributed by atoms with Crippen molar-refractivity contribution >= 4 is 5.91 Å². The molecule has 0 bridgehead atoms. The van der Waals surface area contributed by atoms with Crippen LogP contribution in [0.1, 0.15) is 24.3 Å². The molecule has 2 saturated heterocycles. The Hall–Kier alpha value is -2.19. The average Bonchev–Trinajstić information content (AvgIpc) is 3.18. The van der Waals surface area contributed by atoms with Crippen LogP contribution in [0.25, 0.3) is 0 Å². The number of rotatable bonds is 3. The monoisotopic (exact) mass is 288 g/mol. The lowest BCUT2D eigenvalue weighted by molar-refractivity contribution is -0.139. The Morgan fingerprint density at radius 3 is 3.00 bits per heavy atom. The number of amides is 1. The van der Waals surface area contributed by atoms with Gasteiger partial charge >= 0.3 is 0 Å². The van der Waals surface area contributed by atoms with E-state index in [1.54, 1.807) is 17.1 Å². The molecule has 1 amide bonds. The van der Waals surface area contributed by atoms with Crippen LogP contribution in [0.5, 0.6) is 0 Å². The van der Waals surface area contributed by atoms with Gasteiger partial charge < -0.3 is 9.32 Å². The molecule has 110 valence electrons. The molecule has 8 nitrogen and oxygen atoms in total. The highest BCUT2D eigenvalue weighted by Crippen LogP contribution is 2.26. The summed E-state index contributed by atoms with van der Waals surface area (Å²) in [4.78, 5) is 14.2. The summed E-state index contributed by atoms with van der Waals surface area (Å²) in [6, 6.07) is 3.84. The zero-order valence-electron chi connectivity index (χ0n) is 11.3. The first kappa shape index (κ1) is 12.5. The van der Waals surface area contributed by atoms with Gasteiger partial charge in [0, 0.05) is 19.3 Å². The standard InChI is InChI=1S/C13H16N6O2/c20-13(18-7-9(8-18)19-4-3-14-17-19)11-6-10(15-16-11)12-2-1-5-21-12/h1-5,9-11,15-16H,6-8H2. The normalized spacial score (nSPS) is 26.0. The lowest BCUT2D eigenvalue weighted by atomic mass is 10.0. The van der Waals surface area contributed by atoms with Gasteiger partial charge in [-0.1, -0.05) is 5.21 Å². The van der Waals surface area contributed by atoms with Crippen LogP contribution in [0.4, 0.5) is 0 Å². The molecular formula is C13H16N6O2. The summed E-state index contributed by atoms with van der Waals surface area (Å²) >= 11 is 0. The van der Waals surface area contributed by atoms with E-state index in [9.17, 15) is 4.79 Å². The Morgan fingerprint density at radius 2 is 2.29 bits per heavy atom. The van der Waals surface area contributed by atoms with E-state index < -0.39 is 0 Å². The van der Waals surface area contributed by atoms with Gasteiger partial charge in [-0.2, -0.15) is 0 Å². The Morgan fingerprint density at radius 1 is 1.38 bits per heavy atom. The predicted molar refractivity (Wildman–Crippen MR) is 71.8 cm³/mol. The molecule has 2 unspecified atom stereocenters. The van der Waals surface area contributed by atoms with Crippen LogP contribution >= 0.6 is 0 Å². The van der Waals surface area contributed by atoms with Gasteiger partial charge in [-0.05, 0) is 18.6 Å². The van der Waals surface area contributed by atoms with E-state index in [0.29, 0.717) is 19.5 Å². The molecule has 0 aromatic carbocycles. The Balaban J connectivity index is 1.33. The highest BCUT2D eigenvalue weighted by Gasteiger charge is 2.39. The highest BCUT2D eigenvalue weighted by atomic mass is 16.3. The van der Waals surface area contributed by atoms with Crippen molar-refractivity contribution in [3.63, 3.8) is 0 Å². The second kappa shape index (κ2) is 4.97. The summed E-state index contributed by atoms with van der Waals surface area (Å²) in [7, 11) is 0. The maximum atomic E-state index is 12.4. The van der Waals surface area contributed by atoms with Gasteiger partial charge in [-0.3, -0.25) is 4.79 Å². The Labute approximate surface area is 121 Å². The van der Waals surface area contributed by atoms with Crippen LogP contribution < -0.4 is 10.9 Å². The molecule has 0 radical (unpaired) electrons. The topological polar surface area (TPSA) is 88.2 Å². The Kier molecular flexibility index (Phi) is 2.97. The van der Waals surface area contributed by atoms with Crippen molar-refractivity contribution in [1.82, 2.24) is 30.7 Å². The minimum absolute atomic E-state index is 0.0429. The minimum Gasteiger partial charge on any atom is -0.468 e. The third-order valence-corrected chi connectivity index (χ3v) is 4.08. The summed E-state index contributed by atoms with van der Waals surface area (Å²) in [5.41, 5.74) is 6.17. The fraction of sp³-hybridized carbons (Fsp3) is 0.462. The molecule has 0 aliphatic carbocycles. The number of likely N-dealkylation sites (tertiary alicyclic amines) is 1.